The number of carbonyl (C=O) groups excluding carboxylic acids is 1. The van der Waals surface area contributed by atoms with Crippen molar-refractivity contribution in [2.24, 2.45) is 11.7 Å². The molecule has 2 rings (SSSR count). The van der Waals surface area contributed by atoms with E-state index < -0.39 is 0 Å². The van der Waals surface area contributed by atoms with Crippen molar-refractivity contribution in [1.29, 1.82) is 0 Å². The quantitative estimate of drug-likeness (QED) is 0.867. The molecular formula is C17H26N2O. The number of amides is 1. The van der Waals surface area contributed by atoms with Crippen molar-refractivity contribution < 1.29 is 4.79 Å². The second-order valence-corrected chi connectivity index (χ2v) is 6.61. The highest BCUT2D eigenvalue weighted by Crippen LogP contribution is 2.26. The summed E-state index contributed by atoms with van der Waals surface area (Å²) >= 11 is 0. The first-order valence-corrected chi connectivity index (χ1v) is 7.58. The maximum Gasteiger partial charge on any atom is 0.252 e. The highest BCUT2D eigenvalue weighted by molar-refractivity contribution is 5.96. The van der Waals surface area contributed by atoms with Crippen LogP contribution in [-0.2, 0) is 12.8 Å². The number of benzene rings is 1. The Labute approximate surface area is 121 Å². The predicted molar refractivity (Wildman–Crippen MR) is 82.8 cm³/mol. The van der Waals surface area contributed by atoms with Crippen molar-refractivity contribution in [3.63, 3.8) is 0 Å². The van der Waals surface area contributed by atoms with Crippen LogP contribution in [0, 0.1) is 5.92 Å². The number of fused-ring (bicyclic) bond motifs is 1. The van der Waals surface area contributed by atoms with Crippen LogP contribution in [0.1, 0.15) is 55.1 Å². The minimum Gasteiger partial charge on any atom is -0.346 e. The van der Waals surface area contributed by atoms with Gasteiger partial charge in [0.15, 0.2) is 0 Å². The number of aryl methyl sites for hydroxylation is 1. The first kappa shape index (κ1) is 15.0. The third kappa shape index (κ3) is 3.21. The minimum absolute atomic E-state index is 0.0253. The van der Waals surface area contributed by atoms with Crippen molar-refractivity contribution in [2.75, 3.05) is 6.54 Å². The molecule has 1 aromatic carbocycles. The SMILES string of the molecule is CC(C)CC(C)(CN)NC(=O)c1cccc2c1CCC2. The average Bonchev–Trinajstić information content (AvgIpc) is 2.85. The maximum absolute atomic E-state index is 12.6. The summed E-state index contributed by atoms with van der Waals surface area (Å²) in [7, 11) is 0. The Hall–Kier alpha value is -1.35. The molecule has 0 heterocycles. The lowest BCUT2D eigenvalue weighted by Crippen LogP contribution is -2.52. The standard InChI is InChI=1S/C17H26N2O/c1-12(2)10-17(3,11-18)19-16(20)15-9-5-7-13-6-4-8-14(13)15/h5,7,9,12H,4,6,8,10-11,18H2,1-3H3,(H,19,20). The summed E-state index contributed by atoms with van der Waals surface area (Å²) in [5, 5.41) is 3.16. The second kappa shape index (κ2) is 5.96. The highest BCUT2D eigenvalue weighted by atomic mass is 16.1. The molecule has 0 fully saturated rings. The topological polar surface area (TPSA) is 55.1 Å². The molecule has 1 unspecified atom stereocenters. The van der Waals surface area contributed by atoms with Gasteiger partial charge in [0.2, 0.25) is 0 Å². The first-order chi connectivity index (χ1) is 9.45. The zero-order valence-corrected chi connectivity index (χ0v) is 12.8. The van der Waals surface area contributed by atoms with Gasteiger partial charge in [-0.2, -0.15) is 0 Å². The molecule has 1 aliphatic carbocycles. The van der Waals surface area contributed by atoms with Gasteiger partial charge in [-0.15, -0.1) is 0 Å². The molecule has 0 aliphatic heterocycles. The van der Waals surface area contributed by atoms with Crippen molar-refractivity contribution in [2.45, 2.75) is 52.0 Å². The number of carbonyl (C=O) groups is 1. The molecule has 1 aromatic rings. The normalized spacial score (nSPS) is 16.9. The van der Waals surface area contributed by atoms with Crippen LogP contribution in [0.25, 0.3) is 0 Å². The van der Waals surface area contributed by atoms with Gasteiger partial charge in [0.25, 0.3) is 5.91 Å². The molecule has 110 valence electrons. The van der Waals surface area contributed by atoms with Gasteiger partial charge in [-0.1, -0.05) is 26.0 Å². The molecule has 1 atom stereocenters. The molecule has 0 bridgehead atoms. The largest absolute Gasteiger partial charge is 0.346 e. The summed E-state index contributed by atoms with van der Waals surface area (Å²) in [6.07, 6.45) is 4.16. The van der Waals surface area contributed by atoms with Crippen LogP contribution in [0.3, 0.4) is 0 Å². The summed E-state index contributed by atoms with van der Waals surface area (Å²) in [6.45, 7) is 6.81. The Kier molecular flexibility index (Phi) is 4.48. The van der Waals surface area contributed by atoms with Crippen molar-refractivity contribution >= 4 is 5.91 Å². The van der Waals surface area contributed by atoms with E-state index in [9.17, 15) is 4.79 Å². The zero-order valence-electron chi connectivity index (χ0n) is 12.8. The van der Waals surface area contributed by atoms with Crippen LogP contribution in [0.15, 0.2) is 18.2 Å². The van der Waals surface area contributed by atoms with Gasteiger partial charge in [-0.05, 0) is 55.7 Å². The number of hydrogen-bond donors (Lipinski definition) is 2. The Morgan fingerprint density at radius 3 is 2.80 bits per heavy atom. The van der Waals surface area contributed by atoms with Crippen LogP contribution in [0.2, 0.25) is 0 Å². The molecule has 3 heteroatoms. The van der Waals surface area contributed by atoms with E-state index in [2.05, 4.69) is 25.2 Å². The molecule has 3 nitrogen and oxygen atoms in total. The summed E-state index contributed by atoms with van der Waals surface area (Å²) in [6, 6.07) is 6.06. The summed E-state index contributed by atoms with van der Waals surface area (Å²) in [5.74, 6) is 0.530. The fourth-order valence-corrected chi connectivity index (χ4v) is 3.26. The highest BCUT2D eigenvalue weighted by Gasteiger charge is 2.28. The Morgan fingerprint density at radius 2 is 2.15 bits per heavy atom. The molecule has 1 amide bonds. The Balaban J connectivity index is 2.18. The van der Waals surface area contributed by atoms with E-state index in [4.69, 9.17) is 5.73 Å². The van der Waals surface area contributed by atoms with E-state index in [1.165, 1.54) is 11.1 Å². The van der Waals surface area contributed by atoms with Gasteiger partial charge in [0, 0.05) is 17.6 Å². The number of nitrogens with two attached hydrogens (primary N) is 1. The van der Waals surface area contributed by atoms with E-state index in [1.807, 2.05) is 19.1 Å². The van der Waals surface area contributed by atoms with Crippen LogP contribution < -0.4 is 11.1 Å². The van der Waals surface area contributed by atoms with Gasteiger partial charge in [-0.25, -0.2) is 0 Å². The van der Waals surface area contributed by atoms with Crippen molar-refractivity contribution in [3.8, 4) is 0 Å². The Morgan fingerprint density at radius 1 is 1.40 bits per heavy atom. The van der Waals surface area contributed by atoms with Crippen molar-refractivity contribution in [3.05, 3.63) is 34.9 Å². The van der Waals surface area contributed by atoms with E-state index in [0.29, 0.717) is 12.5 Å². The summed E-state index contributed by atoms with van der Waals surface area (Å²) < 4.78 is 0. The van der Waals surface area contributed by atoms with Crippen LogP contribution in [-0.4, -0.2) is 18.0 Å². The van der Waals surface area contributed by atoms with Gasteiger partial charge < -0.3 is 11.1 Å². The van der Waals surface area contributed by atoms with E-state index >= 15 is 0 Å². The number of hydrogen-bond acceptors (Lipinski definition) is 2. The molecule has 0 saturated carbocycles. The average molecular weight is 274 g/mol. The van der Waals surface area contributed by atoms with Crippen LogP contribution >= 0.6 is 0 Å². The molecule has 0 spiro atoms. The fourth-order valence-electron chi connectivity index (χ4n) is 3.26. The van der Waals surface area contributed by atoms with Crippen LogP contribution in [0.4, 0.5) is 0 Å². The van der Waals surface area contributed by atoms with E-state index in [-0.39, 0.29) is 11.4 Å². The van der Waals surface area contributed by atoms with Gasteiger partial charge >= 0.3 is 0 Å². The second-order valence-electron chi connectivity index (χ2n) is 6.61. The minimum atomic E-state index is -0.327. The molecule has 3 N–H and O–H groups in total. The monoisotopic (exact) mass is 274 g/mol. The van der Waals surface area contributed by atoms with Gasteiger partial charge in [-0.3, -0.25) is 4.79 Å². The molecule has 0 saturated heterocycles. The van der Waals surface area contributed by atoms with E-state index in [1.54, 1.807) is 0 Å². The first-order valence-electron chi connectivity index (χ1n) is 7.58. The lowest BCUT2D eigenvalue weighted by molar-refractivity contribution is 0.0897. The predicted octanol–water partition coefficient (Wildman–Crippen LogP) is 2.67. The zero-order chi connectivity index (χ0) is 14.8. The van der Waals surface area contributed by atoms with Crippen LogP contribution in [0.5, 0.6) is 0 Å². The molecule has 0 radical (unpaired) electrons. The Bertz CT molecular complexity index is 496. The molecule has 1 aliphatic rings. The van der Waals surface area contributed by atoms with Crippen molar-refractivity contribution in [1.82, 2.24) is 5.32 Å². The third-order valence-electron chi connectivity index (χ3n) is 4.12. The maximum atomic E-state index is 12.6. The number of nitrogens with one attached hydrogen (secondary N) is 1. The summed E-state index contributed by atoms with van der Waals surface area (Å²) in [4.78, 5) is 12.6. The lowest BCUT2D eigenvalue weighted by Gasteiger charge is -2.31. The van der Waals surface area contributed by atoms with Gasteiger partial charge in [0.05, 0.1) is 0 Å². The van der Waals surface area contributed by atoms with Gasteiger partial charge in [0.1, 0.15) is 0 Å². The molecule has 0 aromatic heterocycles. The lowest BCUT2D eigenvalue weighted by atomic mass is 9.90. The third-order valence-corrected chi connectivity index (χ3v) is 4.12. The molecular weight excluding hydrogens is 248 g/mol. The number of rotatable bonds is 5. The smallest absolute Gasteiger partial charge is 0.252 e. The fraction of sp³-hybridized carbons (Fsp3) is 0.588. The van der Waals surface area contributed by atoms with E-state index in [0.717, 1.165) is 31.2 Å². The summed E-state index contributed by atoms with van der Waals surface area (Å²) in [5.41, 5.74) is 8.95. The molecule has 20 heavy (non-hydrogen) atoms.